The second kappa shape index (κ2) is 4.82. The van der Waals surface area contributed by atoms with Crippen LogP contribution in [0.25, 0.3) is 0 Å². The van der Waals surface area contributed by atoms with Gasteiger partial charge in [0.05, 0.1) is 11.4 Å². The first-order chi connectivity index (χ1) is 7.06. The molecule has 1 N–H and O–H groups in total. The molecule has 0 saturated carbocycles. The molecule has 0 aliphatic heterocycles. The molecule has 1 rings (SSSR count). The Morgan fingerprint density at radius 3 is 2.47 bits per heavy atom. The Morgan fingerprint density at radius 2 is 2.00 bits per heavy atom. The van der Waals surface area contributed by atoms with Crippen molar-refractivity contribution in [3.8, 4) is 0 Å². The van der Waals surface area contributed by atoms with Gasteiger partial charge in [-0.25, -0.2) is 4.98 Å². The molecule has 5 nitrogen and oxygen atoms in total. The Kier molecular flexibility index (Phi) is 3.71. The minimum Gasteiger partial charge on any atom is -0.481 e. The van der Waals surface area contributed by atoms with Crippen LogP contribution in [-0.2, 0) is 4.79 Å². The summed E-state index contributed by atoms with van der Waals surface area (Å²) in [4.78, 5) is 15.1. The standard InChI is InChI=1S/C10H15N3O2/c1-4-5-8(10(14)15)9-11-6(2)7(3)12-13-9/h8H,4-5H2,1-3H3,(H,14,15). The minimum absolute atomic E-state index is 0.312. The predicted molar refractivity (Wildman–Crippen MR) is 54.6 cm³/mol. The fourth-order valence-corrected chi connectivity index (χ4v) is 1.27. The molecule has 5 heteroatoms. The lowest BCUT2D eigenvalue weighted by molar-refractivity contribution is -0.139. The largest absolute Gasteiger partial charge is 0.481 e. The summed E-state index contributed by atoms with van der Waals surface area (Å²) >= 11 is 0. The maximum absolute atomic E-state index is 11.0. The molecule has 1 aromatic heterocycles. The number of carbonyl (C=O) groups is 1. The van der Waals surface area contributed by atoms with Crippen molar-refractivity contribution in [3.05, 3.63) is 17.2 Å². The number of rotatable bonds is 4. The first kappa shape index (κ1) is 11.6. The average molecular weight is 209 g/mol. The first-order valence-electron chi connectivity index (χ1n) is 4.96. The van der Waals surface area contributed by atoms with Crippen molar-refractivity contribution < 1.29 is 9.90 Å². The third kappa shape index (κ3) is 2.71. The van der Waals surface area contributed by atoms with Crippen LogP contribution in [0.1, 0.15) is 42.9 Å². The number of carboxylic acid groups (broad SMARTS) is 1. The zero-order valence-corrected chi connectivity index (χ0v) is 9.19. The van der Waals surface area contributed by atoms with Gasteiger partial charge < -0.3 is 5.11 Å². The smallest absolute Gasteiger partial charge is 0.314 e. The fourth-order valence-electron chi connectivity index (χ4n) is 1.27. The summed E-state index contributed by atoms with van der Waals surface area (Å²) < 4.78 is 0. The molecule has 0 spiro atoms. The molecule has 0 saturated heterocycles. The van der Waals surface area contributed by atoms with E-state index in [1.807, 2.05) is 6.92 Å². The van der Waals surface area contributed by atoms with Gasteiger partial charge in [-0.05, 0) is 20.3 Å². The highest BCUT2D eigenvalue weighted by molar-refractivity contribution is 5.74. The Balaban J connectivity index is 3.01. The van der Waals surface area contributed by atoms with Gasteiger partial charge in [0.2, 0.25) is 0 Å². The van der Waals surface area contributed by atoms with Crippen LogP contribution in [0.15, 0.2) is 0 Å². The molecule has 0 aliphatic rings. The summed E-state index contributed by atoms with van der Waals surface area (Å²) in [6.45, 7) is 5.54. The summed E-state index contributed by atoms with van der Waals surface area (Å²) in [5, 5.41) is 16.7. The monoisotopic (exact) mass is 209 g/mol. The van der Waals surface area contributed by atoms with Crippen LogP contribution in [0.3, 0.4) is 0 Å². The lowest BCUT2D eigenvalue weighted by Crippen LogP contribution is -2.16. The highest BCUT2D eigenvalue weighted by atomic mass is 16.4. The van der Waals surface area contributed by atoms with E-state index in [1.54, 1.807) is 13.8 Å². The molecule has 0 amide bonds. The van der Waals surface area contributed by atoms with E-state index in [1.165, 1.54) is 0 Å². The molecule has 1 aromatic rings. The second-order valence-corrected chi connectivity index (χ2v) is 3.52. The summed E-state index contributed by atoms with van der Waals surface area (Å²) in [7, 11) is 0. The molecule has 0 radical (unpaired) electrons. The molecule has 0 fully saturated rings. The van der Waals surface area contributed by atoms with Crippen molar-refractivity contribution in [2.75, 3.05) is 0 Å². The van der Waals surface area contributed by atoms with Crippen molar-refractivity contribution in [1.82, 2.24) is 15.2 Å². The molecule has 1 heterocycles. The van der Waals surface area contributed by atoms with Gasteiger partial charge in [-0.3, -0.25) is 4.79 Å². The highest BCUT2D eigenvalue weighted by Crippen LogP contribution is 2.17. The zero-order chi connectivity index (χ0) is 11.4. The van der Waals surface area contributed by atoms with E-state index >= 15 is 0 Å². The SMILES string of the molecule is CCCC(C(=O)O)c1nnc(C)c(C)n1. The van der Waals surface area contributed by atoms with Crippen molar-refractivity contribution in [2.45, 2.75) is 39.5 Å². The van der Waals surface area contributed by atoms with Crippen LogP contribution in [0.4, 0.5) is 0 Å². The second-order valence-electron chi connectivity index (χ2n) is 3.52. The molecule has 15 heavy (non-hydrogen) atoms. The third-order valence-corrected chi connectivity index (χ3v) is 2.30. The molecule has 0 aliphatic carbocycles. The fraction of sp³-hybridized carbons (Fsp3) is 0.600. The number of aryl methyl sites for hydroxylation is 2. The van der Waals surface area contributed by atoms with Crippen molar-refractivity contribution in [2.24, 2.45) is 0 Å². The van der Waals surface area contributed by atoms with Gasteiger partial charge in [0.25, 0.3) is 0 Å². The lowest BCUT2D eigenvalue weighted by Gasteiger charge is -2.09. The molecule has 0 aromatic carbocycles. The Bertz CT molecular complexity index is 366. The first-order valence-corrected chi connectivity index (χ1v) is 4.96. The summed E-state index contributed by atoms with van der Waals surface area (Å²) in [6, 6.07) is 0. The van der Waals surface area contributed by atoms with Gasteiger partial charge in [-0.1, -0.05) is 13.3 Å². The summed E-state index contributed by atoms with van der Waals surface area (Å²) in [5.41, 5.74) is 1.47. The van der Waals surface area contributed by atoms with E-state index in [0.717, 1.165) is 17.8 Å². The maximum atomic E-state index is 11.0. The Morgan fingerprint density at radius 1 is 1.33 bits per heavy atom. The molecule has 82 valence electrons. The zero-order valence-electron chi connectivity index (χ0n) is 9.19. The van der Waals surface area contributed by atoms with E-state index in [0.29, 0.717) is 12.2 Å². The Labute approximate surface area is 88.6 Å². The molecular formula is C10H15N3O2. The highest BCUT2D eigenvalue weighted by Gasteiger charge is 2.22. The van der Waals surface area contributed by atoms with E-state index in [-0.39, 0.29) is 0 Å². The van der Waals surface area contributed by atoms with Crippen LogP contribution in [0, 0.1) is 13.8 Å². The molecule has 1 atom stereocenters. The summed E-state index contributed by atoms with van der Waals surface area (Å²) in [6.07, 6.45) is 1.33. The molecule has 0 bridgehead atoms. The predicted octanol–water partition coefficient (Wildman–Crippen LogP) is 1.46. The van der Waals surface area contributed by atoms with Crippen molar-refractivity contribution in [1.29, 1.82) is 0 Å². The van der Waals surface area contributed by atoms with E-state index in [2.05, 4.69) is 15.2 Å². The lowest BCUT2D eigenvalue weighted by atomic mass is 10.0. The van der Waals surface area contributed by atoms with Gasteiger partial charge in [0.15, 0.2) is 5.82 Å². The van der Waals surface area contributed by atoms with Crippen molar-refractivity contribution in [3.63, 3.8) is 0 Å². The average Bonchev–Trinajstić information content (AvgIpc) is 2.18. The molecular weight excluding hydrogens is 194 g/mol. The van der Waals surface area contributed by atoms with Gasteiger partial charge in [-0.15, -0.1) is 5.10 Å². The van der Waals surface area contributed by atoms with Crippen LogP contribution < -0.4 is 0 Å². The van der Waals surface area contributed by atoms with Gasteiger partial charge in [-0.2, -0.15) is 5.10 Å². The summed E-state index contributed by atoms with van der Waals surface area (Å²) in [5.74, 6) is -1.21. The normalized spacial score (nSPS) is 12.5. The van der Waals surface area contributed by atoms with E-state index in [4.69, 9.17) is 5.11 Å². The van der Waals surface area contributed by atoms with Crippen LogP contribution >= 0.6 is 0 Å². The quantitative estimate of drug-likeness (QED) is 0.812. The van der Waals surface area contributed by atoms with E-state index < -0.39 is 11.9 Å². The maximum Gasteiger partial charge on any atom is 0.314 e. The Hall–Kier alpha value is -1.52. The number of aromatic nitrogens is 3. The van der Waals surface area contributed by atoms with E-state index in [9.17, 15) is 4.79 Å². The number of hydrogen-bond acceptors (Lipinski definition) is 4. The topological polar surface area (TPSA) is 76.0 Å². The van der Waals surface area contributed by atoms with Crippen LogP contribution in [0.5, 0.6) is 0 Å². The van der Waals surface area contributed by atoms with Crippen LogP contribution in [0.2, 0.25) is 0 Å². The third-order valence-electron chi connectivity index (χ3n) is 2.30. The number of carboxylic acids is 1. The van der Waals surface area contributed by atoms with Gasteiger partial charge >= 0.3 is 5.97 Å². The van der Waals surface area contributed by atoms with Crippen LogP contribution in [-0.4, -0.2) is 26.3 Å². The van der Waals surface area contributed by atoms with Gasteiger partial charge in [0, 0.05) is 0 Å². The van der Waals surface area contributed by atoms with Gasteiger partial charge in [0.1, 0.15) is 5.92 Å². The van der Waals surface area contributed by atoms with Crippen molar-refractivity contribution >= 4 is 5.97 Å². The number of aliphatic carboxylic acids is 1. The number of hydrogen-bond donors (Lipinski definition) is 1. The minimum atomic E-state index is -0.887. The molecule has 1 unspecified atom stereocenters. The number of nitrogens with zero attached hydrogens (tertiary/aromatic N) is 3.